The third kappa shape index (κ3) is 6.99. The lowest BCUT2D eigenvalue weighted by Crippen LogP contribution is -2.21. The molecule has 0 radical (unpaired) electrons. The van der Waals surface area contributed by atoms with Crippen LogP contribution >= 0.6 is 11.6 Å². The molecule has 0 saturated carbocycles. The first-order chi connectivity index (χ1) is 18.5. The number of aromatic amines is 1. The van der Waals surface area contributed by atoms with E-state index in [1.54, 1.807) is 62.4 Å². The lowest BCUT2D eigenvalue weighted by Gasteiger charge is -2.28. The van der Waals surface area contributed by atoms with Gasteiger partial charge in [0.2, 0.25) is 10.0 Å². The van der Waals surface area contributed by atoms with Crippen LogP contribution in [0.3, 0.4) is 0 Å². The first kappa shape index (κ1) is 29.1. The largest absolute Gasteiger partial charge is 0.573 e. The summed E-state index contributed by atoms with van der Waals surface area (Å²) in [7, 11) is -2.13. The Kier molecular flexibility index (Phi) is 7.70. The van der Waals surface area contributed by atoms with Gasteiger partial charge in [-0.3, -0.25) is 9.52 Å². The quantitative estimate of drug-likeness (QED) is 0.211. The molecule has 1 amide bonds. The number of alkyl halides is 3. The minimum atomic E-state index is -4.88. The number of sulfonamides is 1. The summed E-state index contributed by atoms with van der Waals surface area (Å²) in [6, 6.07) is 15.3. The van der Waals surface area contributed by atoms with Gasteiger partial charge in [0.15, 0.2) is 0 Å². The predicted molar refractivity (Wildman–Crippen MR) is 148 cm³/mol. The molecule has 0 spiro atoms. The molecular formula is C27H25ClF3N3O5S. The minimum Gasteiger partial charge on any atom is -0.497 e. The summed E-state index contributed by atoms with van der Waals surface area (Å²) in [6.07, 6.45) is -3.84. The van der Waals surface area contributed by atoms with Gasteiger partial charge >= 0.3 is 6.36 Å². The van der Waals surface area contributed by atoms with Gasteiger partial charge in [0.25, 0.3) is 5.91 Å². The van der Waals surface area contributed by atoms with Gasteiger partial charge in [-0.2, -0.15) is 0 Å². The predicted octanol–water partition coefficient (Wildman–Crippen LogP) is 6.68. The zero-order chi connectivity index (χ0) is 29.5. The van der Waals surface area contributed by atoms with Crippen LogP contribution in [-0.4, -0.2) is 39.0 Å². The van der Waals surface area contributed by atoms with Gasteiger partial charge in [-0.15, -0.1) is 13.2 Å². The first-order valence-corrected chi connectivity index (χ1v) is 14.0. The maximum absolute atomic E-state index is 13.1. The van der Waals surface area contributed by atoms with Gasteiger partial charge in [0.05, 0.1) is 19.1 Å². The second-order valence-electron chi connectivity index (χ2n) is 9.61. The summed E-state index contributed by atoms with van der Waals surface area (Å²) >= 11 is 6.37. The summed E-state index contributed by atoms with van der Waals surface area (Å²) in [5.74, 6) is -0.740. The van der Waals surface area contributed by atoms with Crippen molar-refractivity contribution in [2.45, 2.75) is 25.6 Å². The Hall–Kier alpha value is -3.90. The number of anilines is 2. The van der Waals surface area contributed by atoms with E-state index in [2.05, 4.69) is 19.8 Å². The van der Waals surface area contributed by atoms with Crippen molar-refractivity contribution in [3.63, 3.8) is 0 Å². The highest BCUT2D eigenvalue weighted by Gasteiger charge is 2.33. The lowest BCUT2D eigenvalue weighted by atomic mass is 9.78. The molecule has 1 aromatic heterocycles. The van der Waals surface area contributed by atoms with Crippen molar-refractivity contribution in [2.24, 2.45) is 0 Å². The number of halogens is 4. The van der Waals surface area contributed by atoms with E-state index in [9.17, 15) is 26.4 Å². The molecule has 4 rings (SSSR count). The fourth-order valence-corrected chi connectivity index (χ4v) is 4.95. The highest BCUT2D eigenvalue weighted by Crippen LogP contribution is 2.39. The van der Waals surface area contributed by atoms with Crippen molar-refractivity contribution in [1.29, 1.82) is 0 Å². The van der Waals surface area contributed by atoms with Gasteiger partial charge < -0.3 is 19.8 Å². The van der Waals surface area contributed by atoms with Crippen LogP contribution in [0.5, 0.6) is 11.5 Å². The van der Waals surface area contributed by atoms with Crippen LogP contribution in [0.15, 0.2) is 60.7 Å². The van der Waals surface area contributed by atoms with Gasteiger partial charge in [0.1, 0.15) is 17.2 Å². The number of benzene rings is 3. The average Bonchev–Trinajstić information content (AvgIpc) is 3.25. The van der Waals surface area contributed by atoms with Crippen molar-refractivity contribution in [2.75, 3.05) is 23.4 Å². The van der Waals surface area contributed by atoms with Crippen molar-refractivity contribution in [1.82, 2.24) is 4.98 Å². The summed E-state index contributed by atoms with van der Waals surface area (Å²) in [6.45, 7) is 3.58. The topological polar surface area (TPSA) is 110 Å². The van der Waals surface area contributed by atoms with E-state index < -0.39 is 33.5 Å². The van der Waals surface area contributed by atoms with Gasteiger partial charge in [0, 0.05) is 33.1 Å². The molecule has 0 aliphatic rings. The van der Waals surface area contributed by atoms with E-state index in [1.807, 2.05) is 0 Å². The van der Waals surface area contributed by atoms with Crippen LogP contribution in [-0.2, 0) is 15.4 Å². The molecule has 8 nitrogen and oxygen atoms in total. The monoisotopic (exact) mass is 595 g/mol. The smallest absolute Gasteiger partial charge is 0.497 e. The van der Waals surface area contributed by atoms with E-state index >= 15 is 0 Å². The number of carbonyl (C=O) groups is 1. The molecule has 3 N–H and O–H groups in total. The summed E-state index contributed by atoms with van der Waals surface area (Å²) in [5, 5.41) is 3.76. The Morgan fingerprint density at radius 2 is 1.60 bits per heavy atom. The van der Waals surface area contributed by atoms with Crippen molar-refractivity contribution < 1.29 is 35.9 Å². The number of ether oxygens (including phenoxy) is 2. The zero-order valence-electron chi connectivity index (χ0n) is 21.7. The first-order valence-electron chi connectivity index (χ1n) is 11.7. The molecule has 0 unspecified atom stereocenters. The average molecular weight is 596 g/mol. The lowest BCUT2D eigenvalue weighted by molar-refractivity contribution is -0.274. The summed E-state index contributed by atoms with van der Waals surface area (Å²) in [4.78, 5) is 16.0. The molecule has 1 heterocycles. The normalized spacial score (nSPS) is 12.3. The molecule has 0 atom stereocenters. The van der Waals surface area contributed by atoms with Gasteiger partial charge in [-0.05, 0) is 59.7 Å². The standard InChI is InChI=1S/C27H25ClF3N3O5S/c1-26(2,17-10-21(38-3)14-22(11-17)39-27(29,30)31)16-8-18(28)12-20(9-16)32-25(35)24-7-15-5-6-19(13-23(15)33-24)34-40(4,36)37/h5-14,33-34H,1-4H3,(H,32,35). The molecule has 212 valence electrons. The van der Waals surface area contributed by atoms with E-state index in [1.165, 1.54) is 13.2 Å². The van der Waals surface area contributed by atoms with E-state index in [0.717, 1.165) is 12.3 Å². The third-order valence-corrected chi connectivity index (χ3v) is 6.94. The molecule has 0 aliphatic carbocycles. The molecule has 0 aliphatic heterocycles. The summed E-state index contributed by atoms with van der Waals surface area (Å²) < 4.78 is 73.4. The number of hydrogen-bond donors (Lipinski definition) is 3. The van der Waals surface area contributed by atoms with Crippen molar-refractivity contribution in [3.8, 4) is 11.5 Å². The number of fused-ring (bicyclic) bond motifs is 1. The van der Waals surface area contributed by atoms with Crippen LogP contribution < -0.4 is 19.5 Å². The molecule has 40 heavy (non-hydrogen) atoms. The van der Waals surface area contributed by atoms with Crippen molar-refractivity contribution >= 4 is 49.8 Å². The minimum absolute atomic E-state index is 0.175. The highest BCUT2D eigenvalue weighted by molar-refractivity contribution is 7.92. The summed E-state index contributed by atoms with van der Waals surface area (Å²) in [5.41, 5.74) is 1.64. The molecule has 0 bridgehead atoms. The Bertz CT molecular complexity index is 1700. The van der Waals surface area contributed by atoms with Gasteiger partial charge in [-0.1, -0.05) is 31.5 Å². The number of nitrogens with one attached hydrogen (secondary N) is 3. The molecule has 4 aromatic rings. The van der Waals surface area contributed by atoms with Crippen LogP contribution in [0.4, 0.5) is 24.5 Å². The van der Waals surface area contributed by atoms with Crippen LogP contribution in [0.25, 0.3) is 10.9 Å². The highest BCUT2D eigenvalue weighted by atomic mass is 35.5. The Balaban J connectivity index is 1.63. The number of amides is 1. The van der Waals surface area contributed by atoms with E-state index in [0.29, 0.717) is 38.4 Å². The Morgan fingerprint density at radius 1 is 0.925 bits per heavy atom. The number of aromatic nitrogens is 1. The number of rotatable bonds is 8. The third-order valence-electron chi connectivity index (χ3n) is 6.12. The number of H-pyrrole nitrogens is 1. The van der Waals surface area contributed by atoms with E-state index in [-0.39, 0.29) is 11.4 Å². The Labute approximate surface area is 233 Å². The second-order valence-corrected chi connectivity index (χ2v) is 11.8. The zero-order valence-corrected chi connectivity index (χ0v) is 23.3. The molecule has 0 saturated heterocycles. The Morgan fingerprint density at radius 3 is 2.25 bits per heavy atom. The SMILES string of the molecule is COc1cc(OC(F)(F)F)cc(C(C)(C)c2cc(Cl)cc(NC(=O)c3cc4ccc(NS(C)(=O)=O)cc4[nH]3)c2)c1. The second kappa shape index (κ2) is 10.6. The fraction of sp³-hybridized carbons (Fsp3) is 0.222. The van der Waals surface area contributed by atoms with Crippen LogP contribution in [0, 0.1) is 0 Å². The van der Waals surface area contributed by atoms with Crippen LogP contribution in [0.2, 0.25) is 5.02 Å². The van der Waals surface area contributed by atoms with Crippen molar-refractivity contribution in [3.05, 3.63) is 82.5 Å². The van der Waals surface area contributed by atoms with Gasteiger partial charge in [-0.25, -0.2) is 8.42 Å². The molecular weight excluding hydrogens is 571 g/mol. The fourth-order valence-electron chi connectivity index (χ4n) is 4.16. The number of hydrogen-bond acceptors (Lipinski definition) is 5. The molecule has 3 aromatic carbocycles. The maximum atomic E-state index is 13.1. The molecule has 13 heteroatoms. The van der Waals surface area contributed by atoms with E-state index in [4.69, 9.17) is 16.3 Å². The number of methoxy groups -OCH3 is 1. The van der Waals surface area contributed by atoms with Crippen LogP contribution in [0.1, 0.15) is 35.5 Å². The molecule has 0 fully saturated rings. The maximum Gasteiger partial charge on any atom is 0.573 e. The number of carbonyl (C=O) groups excluding carboxylic acids is 1.